The standard InChI is InChI=1S/C16H15F3N6O2/c17-16(18,19)3-5-21-15(26)12-10-7-25(6-2-11(10)27-24-12)14-9-1-4-20-13(9)22-8-23-14/h1,4,8H,2-3,5-7H2,(H,21,26)(H,20,22,23). The van der Waals surface area contributed by atoms with Crippen molar-refractivity contribution in [1.82, 2.24) is 25.4 Å². The van der Waals surface area contributed by atoms with E-state index in [1.165, 1.54) is 6.33 Å². The third-order valence-corrected chi connectivity index (χ3v) is 4.37. The average Bonchev–Trinajstić information content (AvgIpc) is 3.26. The van der Waals surface area contributed by atoms with Gasteiger partial charge in [-0.2, -0.15) is 13.2 Å². The highest BCUT2D eigenvalue weighted by Gasteiger charge is 2.30. The van der Waals surface area contributed by atoms with Crippen LogP contribution in [-0.4, -0.2) is 45.3 Å². The SMILES string of the molecule is O=C(NCCC(F)(F)F)c1noc2c1CN(c1ncnc3[nH]ccc13)CC2. The van der Waals surface area contributed by atoms with E-state index in [4.69, 9.17) is 4.52 Å². The van der Waals surface area contributed by atoms with Gasteiger partial charge in [0.2, 0.25) is 0 Å². The third-order valence-electron chi connectivity index (χ3n) is 4.37. The Morgan fingerprint density at radius 2 is 2.22 bits per heavy atom. The number of H-pyrrole nitrogens is 1. The number of rotatable bonds is 4. The lowest BCUT2D eigenvalue weighted by Crippen LogP contribution is -2.33. The largest absolute Gasteiger partial charge is 0.390 e. The van der Waals surface area contributed by atoms with Crippen molar-refractivity contribution in [3.8, 4) is 0 Å². The highest BCUT2D eigenvalue weighted by atomic mass is 19.4. The first kappa shape index (κ1) is 17.3. The summed E-state index contributed by atoms with van der Waals surface area (Å²) in [5.74, 6) is 0.587. The molecule has 0 aromatic carbocycles. The van der Waals surface area contributed by atoms with Gasteiger partial charge in [-0.1, -0.05) is 5.16 Å². The van der Waals surface area contributed by atoms with Crippen LogP contribution < -0.4 is 10.2 Å². The molecule has 0 radical (unpaired) electrons. The molecule has 0 spiro atoms. The molecular weight excluding hydrogens is 365 g/mol. The maximum absolute atomic E-state index is 12.3. The van der Waals surface area contributed by atoms with E-state index < -0.39 is 25.0 Å². The summed E-state index contributed by atoms with van der Waals surface area (Å²) in [7, 11) is 0. The van der Waals surface area contributed by atoms with Crippen LogP contribution in [0.25, 0.3) is 11.0 Å². The summed E-state index contributed by atoms with van der Waals surface area (Å²) >= 11 is 0. The second kappa shape index (κ2) is 6.56. The maximum Gasteiger partial charge on any atom is 0.390 e. The first-order valence-corrected chi connectivity index (χ1v) is 8.28. The molecule has 0 unspecified atom stereocenters. The molecule has 3 aromatic heterocycles. The number of carbonyl (C=O) groups is 1. The fourth-order valence-corrected chi connectivity index (χ4v) is 3.08. The van der Waals surface area contributed by atoms with E-state index in [1.807, 2.05) is 11.0 Å². The summed E-state index contributed by atoms with van der Waals surface area (Å²) < 4.78 is 42.0. The van der Waals surface area contributed by atoms with Crippen LogP contribution >= 0.6 is 0 Å². The number of aromatic amines is 1. The van der Waals surface area contributed by atoms with Crippen LogP contribution in [0.1, 0.15) is 28.2 Å². The molecule has 2 N–H and O–H groups in total. The predicted molar refractivity (Wildman–Crippen MR) is 88.2 cm³/mol. The Bertz CT molecular complexity index is 980. The van der Waals surface area contributed by atoms with Crippen molar-refractivity contribution in [2.75, 3.05) is 18.0 Å². The van der Waals surface area contributed by atoms with E-state index in [2.05, 4.69) is 25.4 Å². The zero-order chi connectivity index (χ0) is 19.0. The lowest BCUT2D eigenvalue weighted by atomic mass is 10.1. The Balaban J connectivity index is 1.53. The number of nitrogens with zero attached hydrogens (tertiary/aromatic N) is 4. The number of halogens is 3. The summed E-state index contributed by atoms with van der Waals surface area (Å²) in [4.78, 5) is 25.7. The Hall–Kier alpha value is -3.11. The van der Waals surface area contributed by atoms with Crippen molar-refractivity contribution in [2.45, 2.75) is 25.6 Å². The van der Waals surface area contributed by atoms with Crippen molar-refractivity contribution in [1.29, 1.82) is 0 Å². The minimum absolute atomic E-state index is 0.0104. The van der Waals surface area contributed by atoms with Gasteiger partial charge in [-0.3, -0.25) is 4.79 Å². The highest BCUT2D eigenvalue weighted by Crippen LogP contribution is 2.29. The first-order valence-electron chi connectivity index (χ1n) is 8.28. The smallest absolute Gasteiger partial charge is 0.360 e. The van der Waals surface area contributed by atoms with E-state index in [1.54, 1.807) is 6.20 Å². The lowest BCUT2D eigenvalue weighted by molar-refractivity contribution is -0.132. The van der Waals surface area contributed by atoms with E-state index in [9.17, 15) is 18.0 Å². The summed E-state index contributed by atoms with van der Waals surface area (Å²) in [6, 6.07) is 1.86. The molecule has 0 aliphatic carbocycles. The van der Waals surface area contributed by atoms with Crippen LogP contribution in [0.4, 0.5) is 19.0 Å². The fourth-order valence-electron chi connectivity index (χ4n) is 3.08. The molecule has 1 amide bonds. The first-order chi connectivity index (χ1) is 12.9. The van der Waals surface area contributed by atoms with Crippen LogP contribution in [-0.2, 0) is 13.0 Å². The number of hydrogen-bond acceptors (Lipinski definition) is 6. The summed E-state index contributed by atoms with van der Waals surface area (Å²) in [5.41, 5.74) is 1.27. The Morgan fingerprint density at radius 1 is 1.37 bits per heavy atom. The minimum atomic E-state index is -4.33. The number of anilines is 1. The normalized spacial score (nSPS) is 14.4. The molecule has 0 saturated heterocycles. The van der Waals surface area contributed by atoms with Crippen molar-refractivity contribution in [2.24, 2.45) is 0 Å². The van der Waals surface area contributed by atoms with Crippen molar-refractivity contribution in [3.05, 3.63) is 35.6 Å². The molecule has 4 rings (SSSR count). The Morgan fingerprint density at radius 3 is 3.04 bits per heavy atom. The van der Waals surface area contributed by atoms with Gasteiger partial charge < -0.3 is 19.7 Å². The maximum atomic E-state index is 12.3. The molecule has 1 aliphatic rings. The average molecular weight is 380 g/mol. The number of fused-ring (bicyclic) bond motifs is 2. The van der Waals surface area contributed by atoms with E-state index in [-0.39, 0.29) is 5.69 Å². The van der Waals surface area contributed by atoms with E-state index in [0.29, 0.717) is 42.3 Å². The zero-order valence-corrected chi connectivity index (χ0v) is 14.0. The van der Waals surface area contributed by atoms with Crippen molar-refractivity contribution < 1.29 is 22.5 Å². The van der Waals surface area contributed by atoms with Crippen LogP contribution in [0.2, 0.25) is 0 Å². The predicted octanol–water partition coefficient (Wildman–Crippen LogP) is 2.19. The quantitative estimate of drug-likeness (QED) is 0.720. The molecule has 0 atom stereocenters. The fraction of sp³-hybridized carbons (Fsp3) is 0.375. The summed E-state index contributed by atoms with van der Waals surface area (Å²) in [6.45, 7) is 0.413. The molecule has 8 nitrogen and oxygen atoms in total. The van der Waals surface area contributed by atoms with Crippen molar-refractivity contribution >= 4 is 22.8 Å². The minimum Gasteiger partial charge on any atom is -0.360 e. The van der Waals surface area contributed by atoms with Gasteiger partial charge in [-0.25, -0.2) is 9.97 Å². The van der Waals surface area contributed by atoms with Crippen molar-refractivity contribution in [3.63, 3.8) is 0 Å². The van der Waals surface area contributed by atoms with Crippen LogP contribution in [0.5, 0.6) is 0 Å². The lowest BCUT2D eigenvalue weighted by Gasteiger charge is -2.27. The highest BCUT2D eigenvalue weighted by molar-refractivity contribution is 5.94. The topological polar surface area (TPSA) is 99.9 Å². The summed E-state index contributed by atoms with van der Waals surface area (Å²) in [5, 5.41) is 6.84. The molecule has 27 heavy (non-hydrogen) atoms. The van der Waals surface area contributed by atoms with E-state index >= 15 is 0 Å². The number of hydrogen-bond donors (Lipinski definition) is 2. The van der Waals surface area contributed by atoms with Crippen LogP contribution in [0.15, 0.2) is 23.1 Å². The molecule has 1 aliphatic heterocycles. The third kappa shape index (κ3) is 3.44. The number of amides is 1. The molecular formula is C16H15F3N6O2. The second-order valence-electron chi connectivity index (χ2n) is 6.16. The second-order valence-corrected chi connectivity index (χ2v) is 6.16. The molecule has 3 aromatic rings. The molecule has 0 bridgehead atoms. The van der Waals surface area contributed by atoms with E-state index in [0.717, 1.165) is 5.39 Å². The Kier molecular flexibility index (Phi) is 4.21. The van der Waals surface area contributed by atoms with Gasteiger partial charge in [-0.05, 0) is 6.07 Å². The molecule has 0 fully saturated rings. The van der Waals surface area contributed by atoms with Gasteiger partial charge >= 0.3 is 6.18 Å². The summed E-state index contributed by atoms with van der Waals surface area (Å²) in [6.07, 6.45) is -1.72. The number of carbonyl (C=O) groups excluding carboxylic acids is 1. The van der Waals surface area contributed by atoms with Crippen LogP contribution in [0.3, 0.4) is 0 Å². The molecule has 4 heterocycles. The zero-order valence-electron chi connectivity index (χ0n) is 14.0. The molecule has 142 valence electrons. The monoisotopic (exact) mass is 380 g/mol. The molecule has 11 heteroatoms. The van der Waals surface area contributed by atoms with Gasteiger partial charge in [-0.15, -0.1) is 0 Å². The van der Waals surface area contributed by atoms with Crippen LogP contribution in [0, 0.1) is 0 Å². The van der Waals surface area contributed by atoms with Gasteiger partial charge in [0, 0.05) is 31.3 Å². The van der Waals surface area contributed by atoms with Gasteiger partial charge in [0.25, 0.3) is 5.91 Å². The number of aromatic nitrogens is 4. The van der Waals surface area contributed by atoms with Gasteiger partial charge in [0.15, 0.2) is 5.69 Å². The number of alkyl halides is 3. The Labute approximate surface area is 150 Å². The van der Waals surface area contributed by atoms with Gasteiger partial charge in [0.05, 0.1) is 18.4 Å². The number of nitrogens with one attached hydrogen (secondary N) is 2. The molecule has 0 saturated carbocycles. The van der Waals surface area contributed by atoms with Gasteiger partial charge in [0.1, 0.15) is 23.6 Å².